The Balaban J connectivity index is 2.09. The van der Waals surface area contributed by atoms with Crippen LogP contribution < -0.4 is 5.73 Å². The molecule has 0 spiro atoms. The summed E-state index contributed by atoms with van der Waals surface area (Å²) < 4.78 is 11.1. The molecule has 1 aliphatic heterocycles. The maximum Gasteiger partial charge on any atom is 0.0972 e. The van der Waals surface area contributed by atoms with Gasteiger partial charge in [0.25, 0.3) is 0 Å². The Kier molecular flexibility index (Phi) is 4.64. The van der Waals surface area contributed by atoms with E-state index in [1.165, 1.54) is 25.7 Å². The largest absolute Gasteiger partial charge is 0.377 e. The summed E-state index contributed by atoms with van der Waals surface area (Å²) in [4.78, 5) is 2.53. The highest BCUT2D eigenvalue weighted by Crippen LogP contribution is 2.38. The molecule has 106 valence electrons. The van der Waals surface area contributed by atoms with Crippen LogP contribution in [0.1, 0.15) is 32.6 Å². The van der Waals surface area contributed by atoms with Crippen LogP contribution in [0.4, 0.5) is 0 Å². The summed E-state index contributed by atoms with van der Waals surface area (Å²) in [5.41, 5.74) is 6.31. The van der Waals surface area contributed by atoms with E-state index in [4.69, 9.17) is 15.2 Å². The van der Waals surface area contributed by atoms with Gasteiger partial charge in [-0.3, -0.25) is 4.90 Å². The van der Waals surface area contributed by atoms with Gasteiger partial charge in [0.15, 0.2) is 0 Å². The third kappa shape index (κ3) is 2.57. The zero-order chi connectivity index (χ0) is 13.2. The van der Waals surface area contributed by atoms with Crippen LogP contribution >= 0.6 is 0 Å². The van der Waals surface area contributed by atoms with Crippen LogP contribution in [-0.4, -0.2) is 56.5 Å². The molecule has 4 nitrogen and oxygen atoms in total. The Morgan fingerprint density at radius 2 is 1.83 bits per heavy atom. The van der Waals surface area contributed by atoms with E-state index < -0.39 is 0 Å². The van der Waals surface area contributed by atoms with E-state index in [9.17, 15) is 0 Å². The first-order valence-electron chi connectivity index (χ1n) is 7.16. The number of rotatable bonds is 4. The quantitative estimate of drug-likeness (QED) is 0.822. The van der Waals surface area contributed by atoms with E-state index in [-0.39, 0.29) is 17.7 Å². The molecule has 1 heterocycles. The van der Waals surface area contributed by atoms with Gasteiger partial charge in [0.2, 0.25) is 0 Å². The predicted octanol–water partition coefficient (Wildman–Crippen LogP) is 1.24. The molecule has 18 heavy (non-hydrogen) atoms. The summed E-state index contributed by atoms with van der Waals surface area (Å²) in [5, 5.41) is 0. The monoisotopic (exact) mass is 256 g/mol. The Hall–Kier alpha value is -0.160. The molecule has 2 rings (SSSR count). The molecule has 0 bridgehead atoms. The Morgan fingerprint density at radius 1 is 1.22 bits per heavy atom. The van der Waals surface area contributed by atoms with Crippen LogP contribution in [0.3, 0.4) is 0 Å². The summed E-state index contributed by atoms with van der Waals surface area (Å²) in [6.45, 7) is 5.02. The van der Waals surface area contributed by atoms with Gasteiger partial charge in [0, 0.05) is 39.4 Å². The Bertz CT molecular complexity index is 263. The van der Waals surface area contributed by atoms with Crippen LogP contribution in [-0.2, 0) is 9.47 Å². The normalized spacial score (nSPS) is 42.3. The Morgan fingerprint density at radius 3 is 2.28 bits per heavy atom. The predicted molar refractivity (Wildman–Crippen MR) is 72.6 cm³/mol. The van der Waals surface area contributed by atoms with Crippen molar-refractivity contribution in [2.75, 3.05) is 33.9 Å². The number of ether oxygens (including phenoxy) is 2. The van der Waals surface area contributed by atoms with Gasteiger partial charge < -0.3 is 15.2 Å². The van der Waals surface area contributed by atoms with Crippen molar-refractivity contribution < 1.29 is 9.47 Å². The molecule has 0 amide bonds. The summed E-state index contributed by atoms with van der Waals surface area (Å²) in [6, 6.07) is 0. The second-order valence-electron chi connectivity index (χ2n) is 6.08. The van der Waals surface area contributed by atoms with E-state index in [0.717, 1.165) is 25.6 Å². The molecule has 2 N–H and O–H groups in total. The van der Waals surface area contributed by atoms with Gasteiger partial charge in [0.05, 0.1) is 12.2 Å². The van der Waals surface area contributed by atoms with Crippen molar-refractivity contribution in [1.29, 1.82) is 0 Å². The van der Waals surface area contributed by atoms with E-state index in [1.54, 1.807) is 14.2 Å². The van der Waals surface area contributed by atoms with E-state index >= 15 is 0 Å². The van der Waals surface area contributed by atoms with E-state index in [1.807, 2.05) is 0 Å². The van der Waals surface area contributed by atoms with Crippen molar-refractivity contribution in [3.8, 4) is 0 Å². The van der Waals surface area contributed by atoms with Gasteiger partial charge >= 0.3 is 0 Å². The molecular formula is C14H28N2O2. The van der Waals surface area contributed by atoms with Crippen LogP contribution in [0.25, 0.3) is 0 Å². The average Bonchev–Trinajstić information content (AvgIpc) is 2.82. The van der Waals surface area contributed by atoms with Crippen molar-refractivity contribution >= 4 is 0 Å². The van der Waals surface area contributed by atoms with Crippen LogP contribution in [0.2, 0.25) is 0 Å². The number of nitrogens with two attached hydrogens (primary N) is 1. The molecule has 0 aromatic heterocycles. The Labute approximate surface area is 111 Å². The average molecular weight is 256 g/mol. The van der Waals surface area contributed by atoms with Crippen molar-refractivity contribution in [3.05, 3.63) is 0 Å². The minimum atomic E-state index is 0.182. The molecular weight excluding hydrogens is 228 g/mol. The van der Waals surface area contributed by atoms with Crippen molar-refractivity contribution in [2.45, 2.75) is 50.4 Å². The summed E-state index contributed by atoms with van der Waals surface area (Å²) in [7, 11) is 3.55. The highest BCUT2D eigenvalue weighted by Gasteiger charge is 2.45. The molecule has 4 heteroatoms. The van der Waals surface area contributed by atoms with Crippen molar-refractivity contribution in [2.24, 2.45) is 11.7 Å². The van der Waals surface area contributed by atoms with E-state index in [2.05, 4.69) is 11.8 Å². The van der Waals surface area contributed by atoms with Gasteiger partial charge in [-0.05, 0) is 18.8 Å². The van der Waals surface area contributed by atoms with Crippen molar-refractivity contribution in [1.82, 2.24) is 4.90 Å². The first-order valence-corrected chi connectivity index (χ1v) is 7.16. The molecule has 1 aliphatic carbocycles. The number of hydrogen-bond donors (Lipinski definition) is 1. The second-order valence-corrected chi connectivity index (χ2v) is 6.08. The molecule has 4 atom stereocenters. The summed E-state index contributed by atoms with van der Waals surface area (Å²) in [5.74, 6) is 0.782. The van der Waals surface area contributed by atoms with E-state index in [0.29, 0.717) is 0 Å². The fraction of sp³-hybridized carbons (Fsp3) is 1.00. The number of methoxy groups -OCH3 is 2. The lowest BCUT2D eigenvalue weighted by atomic mass is 9.75. The molecule has 0 radical (unpaired) electrons. The SMILES string of the molecule is COC1CN(C2(CN)CCCC(C)C2)CC1OC. The topological polar surface area (TPSA) is 47.7 Å². The molecule has 2 fully saturated rings. The zero-order valence-electron chi connectivity index (χ0n) is 12.0. The van der Waals surface area contributed by atoms with Gasteiger partial charge in [-0.25, -0.2) is 0 Å². The molecule has 4 unspecified atom stereocenters. The molecule has 1 saturated carbocycles. The van der Waals surface area contributed by atoms with Crippen LogP contribution in [0.15, 0.2) is 0 Å². The maximum absolute atomic E-state index is 6.13. The lowest BCUT2D eigenvalue weighted by Crippen LogP contribution is -2.55. The third-order valence-corrected chi connectivity index (χ3v) is 4.94. The van der Waals surface area contributed by atoms with Gasteiger partial charge in [-0.1, -0.05) is 19.8 Å². The highest BCUT2D eigenvalue weighted by molar-refractivity contribution is 5.01. The minimum absolute atomic E-state index is 0.182. The molecule has 0 aromatic rings. The van der Waals surface area contributed by atoms with Gasteiger partial charge in [-0.2, -0.15) is 0 Å². The lowest BCUT2D eigenvalue weighted by Gasteiger charge is -2.46. The molecule has 2 aliphatic rings. The maximum atomic E-state index is 6.13. The highest BCUT2D eigenvalue weighted by atomic mass is 16.5. The lowest BCUT2D eigenvalue weighted by molar-refractivity contribution is -0.00461. The molecule has 0 aromatic carbocycles. The smallest absolute Gasteiger partial charge is 0.0972 e. The first kappa shape index (κ1) is 14.3. The van der Waals surface area contributed by atoms with Crippen LogP contribution in [0, 0.1) is 5.92 Å². The third-order valence-electron chi connectivity index (χ3n) is 4.94. The zero-order valence-corrected chi connectivity index (χ0v) is 12.0. The molecule has 1 saturated heterocycles. The second kappa shape index (κ2) is 5.87. The summed E-state index contributed by atoms with van der Waals surface area (Å²) >= 11 is 0. The van der Waals surface area contributed by atoms with Gasteiger partial charge in [-0.15, -0.1) is 0 Å². The minimum Gasteiger partial charge on any atom is -0.377 e. The van der Waals surface area contributed by atoms with Crippen LogP contribution in [0.5, 0.6) is 0 Å². The number of nitrogens with zero attached hydrogens (tertiary/aromatic N) is 1. The van der Waals surface area contributed by atoms with Gasteiger partial charge in [0.1, 0.15) is 0 Å². The summed E-state index contributed by atoms with van der Waals surface area (Å²) in [6.07, 6.45) is 5.46. The van der Waals surface area contributed by atoms with Crippen molar-refractivity contribution in [3.63, 3.8) is 0 Å². The number of likely N-dealkylation sites (tertiary alicyclic amines) is 1. The fourth-order valence-corrected chi connectivity index (χ4v) is 3.82. The number of hydrogen-bond acceptors (Lipinski definition) is 4. The first-order chi connectivity index (χ1) is 8.65. The fourth-order valence-electron chi connectivity index (χ4n) is 3.82. The standard InChI is InChI=1S/C14H28N2O2/c1-11-5-4-6-14(7-11,10-15)16-8-12(17-2)13(9-16)18-3/h11-13H,4-10,15H2,1-3H3.